The van der Waals surface area contributed by atoms with Gasteiger partial charge in [0.25, 0.3) is 0 Å². The topological polar surface area (TPSA) is 70.6 Å². The van der Waals surface area contributed by atoms with Gasteiger partial charge < -0.3 is 10.2 Å². The normalized spacial score (nSPS) is 11.2. The van der Waals surface area contributed by atoms with E-state index in [1.54, 1.807) is 31.2 Å². The zero-order valence-corrected chi connectivity index (χ0v) is 12.9. The second-order valence-corrected chi connectivity index (χ2v) is 5.27. The average molecular weight is 307 g/mol. The summed E-state index contributed by atoms with van der Waals surface area (Å²) in [4.78, 5) is 4.24. The second kappa shape index (κ2) is 5.96. The second-order valence-electron chi connectivity index (χ2n) is 5.27. The molecule has 3 rings (SSSR count). The molecule has 0 unspecified atom stereocenters. The summed E-state index contributed by atoms with van der Waals surface area (Å²) in [7, 11) is 0. The van der Waals surface area contributed by atoms with Gasteiger partial charge in [-0.15, -0.1) is 0 Å². The Balaban J connectivity index is 2.02. The van der Waals surface area contributed by atoms with Crippen LogP contribution in [-0.2, 0) is 0 Å². The zero-order chi connectivity index (χ0) is 16.4. The van der Waals surface area contributed by atoms with Crippen LogP contribution in [0.2, 0.25) is 0 Å². The highest BCUT2D eigenvalue weighted by atomic mass is 16.3. The molecule has 0 spiro atoms. The molecule has 0 saturated carbocycles. The van der Waals surface area contributed by atoms with Crippen molar-refractivity contribution < 1.29 is 10.2 Å². The number of hydrogen-bond acceptors (Lipinski definition) is 4. The van der Waals surface area contributed by atoms with Crippen molar-refractivity contribution in [3.8, 4) is 17.3 Å². The minimum Gasteiger partial charge on any atom is -0.506 e. The SMILES string of the molecule is Cc1ccccc1-n1nc(C)c(/C=N/c2ccccc2O)c1O. The lowest BCUT2D eigenvalue weighted by atomic mass is 10.2. The summed E-state index contributed by atoms with van der Waals surface area (Å²) in [5, 5.41) is 24.6. The molecule has 0 fully saturated rings. The summed E-state index contributed by atoms with van der Waals surface area (Å²) in [6, 6.07) is 14.5. The van der Waals surface area contributed by atoms with Crippen LogP contribution in [0.3, 0.4) is 0 Å². The molecule has 0 atom stereocenters. The number of phenols is 1. The molecular weight excluding hydrogens is 290 g/mol. The fourth-order valence-corrected chi connectivity index (χ4v) is 2.35. The molecule has 0 radical (unpaired) electrons. The van der Waals surface area contributed by atoms with Crippen molar-refractivity contribution in [2.45, 2.75) is 13.8 Å². The van der Waals surface area contributed by atoms with Gasteiger partial charge in [-0.25, -0.2) is 4.68 Å². The lowest BCUT2D eigenvalue weighted by Gasteiger charge is -2.06. The van der Waals surface area contributed by atoms with Gasteiger partial charge in [-0.1, -0.05) is 30.3 Å². The van der Waals surface area contributed by atoms with E-state index in [0.29, 0.717) is 16.9 Å². The van der Waals surface area contributed by atoms with Gasteiger partial charge in [-0.3, -0.25) is 4.99 Å². The first-order chi connectivity index (χ1) is 11.1. The van der Waals surface area contributed by atoms with Crippen molar-refractivity contribution in [1.29, 1.82) is 0 Å². The Morgan fingerprint density at radius 2 is 1.70 bits per heavy atom. The molecule has 0 saturated heterocycles. The molecule has 0 aliphatic rings. The van der Waals surface area contributed by atoms with Crippen LogP contribution in [0.15, 0.2) is 53.5 Å². The van der Waals surface area contributed by atoms with E-state index in [9.17, 15) is 10.2 Å². The smallest absolute Gasteiger partial charge is 0.223 e. The molecule has 23 heavy (non-hydrogen) atoms. The third-order valence-corrected chi connectivity index (χ3v) is 3.64. The maximum Gasteiger partial charge on any atom is 0.223 e. The average Bonchev–Trinajstić information content (AvgIpc) is 2.82. The summed E-state index contributed by atoms with van der Waals surface area (Å²) < 4.78 is 1.50. The van der Waals surface area contributed by atoms with Crippen molar-refractivity contribution in [1.82, 2.24) is 9.78 Å². The Bertz CT molecular complexity index is 882. The van der Waals surface area contributed by atoms with E-state index in [1.807, 2.05) is 31.2 Å². The van der Waals surface area contributed by atoms with Gasteiger partial charge in [0, 0.05) is 6.21 Å². The summed E-state index contributed by atoms with van der Waals surface area (Å²) >= 11 is 0. The molecule has 5 nitrogen and oxygen atoms in total. The molecule has 2 N–H and O–H groups in total. The van der Waals surface area contributed by atoms with E-state index < -0.39 is 0 Å². The Kier molecular flexibility index (Phi) is 3.85. The summed E-state index contributed by atoms with van der Waals surface area (Å²) in [5.74, 6) is 0.114. The fraction of sp³-hybridized carbons (Fsp3) is 0.111. The van der Waals surface area contributed by atoms with Crippen LogP contribution in [0, 0.1) is 13.8 Å². The van der Waals surface area contributed by atoms with Crippen molar-refractivity contribution >= 4 is 11.9 Å². The Hall–Kier alpha value is -3.08. The van der Waals surface area contributed by atoms with E-state index >= 15 is 0 Å². The number of phenolic OH excluding ortho intramolecular Hbond substituents is 1. The largest absolute Gasteiger partial charge is 0.506 e. The summed E-state index contributed by atoms with van der Waals surface area (Å²) in [6.45, 7) is 3.77. The number of para-hydroxylation sites is 3. The number of aromatic nitrogens is 2. The van der Waals surface area contributed by atoms with Gasteiger partial charge >= 0.3 is 0 Å². The minimum atomic E-state index is 0.0240. The molecule has 3 aromatic rings. The summed E-state index contributed by atoms with van der Waals surface area (Å²) in [5.41, 5.74) is 3.45. The monoisotopic (exact) mass is 307 g/mol. The predicted molar refractivity (Wildman–Crippen MR) is 90.1 cm³/mol. The van der Waals surface area contributed by atoms with Gasteiger partial charge in [0.1, 0.15) is 11.4 Å². The number of aliphatic imine (C=N–C) groups is 1. The minimum absolute atomic E-state index is 0.0240. The first kappa shape index (κ1) is 14.8. The number of aromatic hydroxyl groups is 2. The van der Waals surface area contributed by atoms with Crippen molar-refractivity contribution in [3.05, 3.63) is 65.4 Å². The highest BCUT2D eigenvalue weighted by molar-refractivity contribution is 5.87. The number of hydrogen-bond donors (Lipinski definition) is 2. The molecule has 2 aromatic carbocycles. The molecule has 116 valence electrons. The van der Waals surface area contributed by atoms with E-state index in [1.165, 1.54) is 10.9 Å². The van der Waals surface area contributed by atoms with Gasteiger partial charge in [-0.2, -0.15) is 5.10 Å². The van der Waals surface area contributed by atoms with Crippen LogP contribution in [0.4, 0.5) is 5.69 Å². The molecule has 5 heteroatoms. The fourth-order valence-electron chi connectivity index (χ4n) is 2.35. The zero-order valence-electron chi connectivity index (χ0n) is 12.9. The molecule has 0 aliphatic heterocycles. The van der Waals surface area contributed by atoms with Crippen molar-refractivity contribution in [3.63, 3.8) is 0 Å². The molecule has 0 bridgehead atoms. The van der Waals surface area contributed by atoms with E-state index in [4.69, 9.17) is 0 Å². The van der Waals surface area contributed by atoms with Crippen LogP contribution in [0.5, 0.6) is 11.6 Å². The number of benzene rings is 2. The van der Waals surface area contributed by atoms with Crippen LogP contribution >= 0.6 is 0 Å². The third kappa shape index (κ3) is 2.81. The van der Waals surface area contributed by atoms with Crippen LogP contribution < -0.4 is 0 Å². The van der Waals surface area contributed by atoms with Crippen LogP contribution in [0.25, 0.3) is 5.69 Å². The standard InChI is InChI=1S/C18H17N3O2/c1-12-7-3-5-9-16(12)21-18(23)14(13(2)20-21)11-19-15-8-4-6-10-17(15)22/h3-11,22-23H,1-2H3/b19-11+. The van der Waals surface area contributed by atoms with Crippen LogP contribution in [-0.4, -0.2) is 26.2 Å². The molecule has 0 aliphatic carbocycles. The number of nitrogens with zero attached hydrogens (tertiary/aromatic N) is 3. The highest BCUT2D eigenvalue weighted by Crippen LogP contribution is 2.28. The maximum atomic E-state index is 10.5. The first-order valence-corrected chi connectivity index (χ1v) is 7.24. The lowest BCUT2D eigenvalue weighted by molar-refractivity contribution is 0.432. The third-order valence-electron chi connectivity index (χ3n) is 3.64. The Labute approximate surface area is 134 Å². The van der Waals surface area contributed by atoms with Gasteiger partial charge in [-0.05, 0) is 37.6 Å². The molecule has 1 aromatic heterocycles. The van der Waals surface area contributed by atoms with Gasteiger partial charge in [0.05, 0.1) is 16.9 Å². The highest BCUT2D eigenvalue weighted by Gasteiger charge is 2.15. The quantitative estimate of drug-likeness (QED) is 0.726. The van der Waals surface area contributed by atoms with Crippen molar-refractivity contribution in [2.75, 3.05) is 0 Å². The van der Waals surface area contributed by atoms with Crippen molar-refractivity contribution in [2.24, 2.45) is 4.99 Å². The van der Waals surface area contributed by atoms with E-state index in [2.05, 4.69) is 10.1 Å². The van der Waals surface area contributed by atoms with E-state index in [0.717, 1.165) is 11.3 Å². The first-order valence-electron chi connectivity index (χ1n) is 7.24. The summed E-state index contributed by atoms with van der Waals surface area (Å²) in [6.07, 6.45) is 1.52. The number of aryl methyl sites for hydroxylation is 2. The Morgan fingerprint density at radius 3 is 2.43 bits per heavy atom. The lowest BCUT2D eigenvalue weighted by Crippen LogP contribution is -1.98. The van der Waals surface area contributed by atoms with Gasteiger partial charge in [0.2, 0.25) is 5.88 Å². The molecule has 1 heterocycles. The Morgan fingerprint density at radius 1 is 1.00 bits per heavy atom. The molecular formula is C18H17N3O2. The molecule has 0 amide bonds. The number of rotatable bonds is 3. The van der Waals surface area contributed by atoms with Gasteiger partial charge in [0.15, 0.2) is 0 Å². The maximum absolute atomic E-state index is 10.5. The predicted octanol–water partition coefficient (Wildman–Crippen LogP) is 3.65. The van der Waals surface area contributed by atoms with E-state index in [-0.39, 0.29) is 11.6 Å². The van der Waals surface area contributed by atoms with Crippen LogP contribution in [0.1, 0.15) is 16.8 Å².